The predicted molar refractivity (Wildman–Crippen MR) is 68.9 cm³/mol. The second-order valence-electron chi connectivity index (χ2n) is 5.33. The number of rotatable bonds is 9. The van der Waals surface area contributed by atoms with E-state index in [0.29, 0.717) is 6.04 Å². The summed E-state index contributed by atoms with van der Waals surface area (Å²) in [6, 6.07) is 0.320. The highest BCUT2D eigenvalue weighted by atomic mass is 14.7. The molecule has 0 aromatic heterocycles. The van der Waals surface area contributed by atoms with Crippen LogP contribution < -0.4 is 11.5 Å². The quantitative estimate of drug-likeness (QED) is 0.579. The molecule has 2 nitrogen and oxygen atoms in total. The monoisotopic (exact) mass is 214 g/mol. The average molecular weight is 214 g/mol. The fraction of sp³-hybridized carbons (Fsp3) is 1.00. The van der Waals surface area contributed by atoms with E-state index in [0.717, 1.165) is 19.3 Å². The van der Waals surface area contributed by atoms with Gasteiger partial charge in [0, 0.05) is 11.6 Å². The van der Waals surface area contributed by atoms with Gasteiger partial charge in [-0.05, 0) is 33.1 Å². The summed E-state index contributed by atoms with van der Waals surface area (Å²) in [4.78, 5) is 0. The Hall–Kier alpha value is -0.0800. The Morgan fingerprint density at radius 2 is 1.67 bits per heavy atom. The van der Waals surface area contributed by atoms with Crippen LogP contribution in [0.5, 0.6) is 0 Å². The zero-order chi connectivity index (χ0) is 11.7. The van der Waals surface area contributed by atoms with Gasteiger partial charge in [-0.3, -0.25) is 0 Å². The van der Waals surface area contributed by atoms with Gasteiger partial charge in [0.05, 0.1) is 0 Å². The number of hydrogen-bond donors (Lipinski definition) is 2. The molecule has 0 amide bonds. The Morgan fingerprint density at radius 3 is 2.20 bits per heavy atom. The normalized spacial score (nSPS) is 17.4. The minimum absolute atomic E-state index is 0.0304. The van der Waals surface area contributed by atoms with Crippen LogP contribution in [-0.2, 0) is 0 Å². The summed E-state index contributed by atoms with van der Waals surface area (Å²) in [5.41, 5.74) is 12.0. The van der Waals surface area contributed by atoms with Gasteiger partial charge >= 0.3 is 0 Å². The lowest BCUT2D eigenvalue weighted by Gasteiger charge is -2.25. The molecule has 0 aromatic rings. The average Bonchev–Trinajstić information content (AvgIpc) is 2.11. The lowest BCUT2D eigenvalue weighted by molar-refractivity contribution is 0.363. The minimum Gasteiger partial charge on any atom is -0.328 e. The van der Waals surface area contributed by atoms with Gasteiger partial charge in [-0.15, -0.1) is 0 Å². The van der Waals surface area contributed by atoms with Crippen molar-refractivity contribution in [3.05, 3.63) is 0 Å². The maximum Gasteiger partial charge on any atom is 0.0125 e. The van der Waals surface area contributed by atoms with Gasteiger partial charge in [0.25, 0.3) is 0 Å². The summed E-state index contributed by atoms with van der Waals surface area (Å²) in [5.74, 6) is 0. The molecule has 0 saturated heterocycles. The molecule has 0 spiro atoms. The molecule has 0 aliphatic carbocycles. The van der Waals surface area contributed by atoms with Gasteiger partial charge in [-0.25, -0.2) is 0 Å². The molecular weight excluding hydrogens is 184 g/mol. The van der Waals surface area contributed by atoms with Crippen molar-refractivity contribution in [1.82, 2.24) is 0 Å². The Bertz CT molecular complexity index is 141. The summed E-state index contributed by atoms with van der Waals surface area (Å²) in [6.07, 6.45) is 9.78. The largest absolute Gasteiger partial charge is 0.328 e. The van der Waals surface area contributed by atoms with E-state index in [-0.39, 0.29) is 5.54 Å². The van der Waals surface area contributed by atoms with Gasteiger partial charge in [0.15, 0.2) is 0 Å². The highest BCUT2D eigenvalue weighted by Crippen LogP contribution is 2.19. The van der Waals surface area contributed by atoms with E-state index in [2.05, 4.69) is 20.8 Å². The second kappa shape index (κ2) is 8.12. The van der Waals surface area contributed by atoms with Crippen LogP contribution in [0.15, 0.2) is 0 Å². The van der Waals surface area contributed by atoms with Crippen molar-refractivity contribution in [2.75, 3.05) is 0 Å². The third kappa shape index (κ3) is 10.2. The van der Waals surface area contributed by atoms with Gasteiger partial charge in [0.1, 0.15) is 0 Å². The highest BCUT2D eigenvalue weighted by Gasteiger charge is 2.17. The van der Waals surface area contributed by atoms with Crippen molar-refractivity contribution >= 4 is 0 Å². The van der Waals surface area contributed by atoms with Crippen molar-refractivity contribution in [3.8, 4) is 0 Å². The molecule has 92 valence electrons. The number of nitrogens with two attached hydrogens (primary N) is 2. The summed E-state index contributed by atoms with van der Waals surface area (Å²) in [7, 11) is 0. The molecule has 0 fully saturated rings. The Kier molecular flexibility index (Phi) is 8.07. The first kappa shape index (κ1) is 14.9. The van der Waals surface area contributed by atoms with Crippen molar-refractivity contribution in [3.63, 3.8) is 0 Å². The Balaban J connectivity index is 3.48. The van der Waals surface area contributed by atoms with Gasteiger partial charge < -0.3 is 11.5 Å². The molecule has 0 saturated carbocycles. The van der Waals surface area contributed by atoms with Crippen LogP contribution in [0, 0.1) is 0 Å². The van der Waals surface area contributed by atoms with Gasteiger partial charge in [-0.1, -0.05) is 39.0 Å². The van der Waals surface area contributed by atoms with Crippen LogP contribution >= 0.6 is 0 Å². The highest BCUT2D eigenvalue weighted by molar-refractivity contribution is 4.78. The summed E-state index contributed by atoms with van der Waals surface area (Å²) in [5, 5.41) is 0. The smallest absolute Gasteiger partial charge is 0.0125 e. The lowest BCUT2D eigenvalue weighted by Crippen LogP contribution is -2.36. The van der Waals surface area contributed by atoms with Crippen LogP contribution in [0.3, 0.4) is 0 Å². The van der Waals surface area contributed by atoms with Crippen molar-refractivity contribution in [2.45, 2.75) is 83.7 Å². The molecule has 0 aromatic carbocycles. The first-order valence-electron chi connectivity index (χ1n) is 6.52. The zero-order valence-electron chi connectivity index (χ0n) is 10.9. The molecule has 15 heavy (non-hydrogen) atoms. The van der Waals surface area contributed by atoms with Gasteiger partial charge in [-0.2, -0.15) is 0 Å². The molecule has 0 aliphatic rings. The van der Waals surface area contributed by atoms with E-state index in [1.54, 1.807) is 0 Å². The molecule has 2 atom stereocenters. The van der Waals surface area contributed by atoms with Crippen LogP contribution in [-0.4, -0.2) is 11.6 Å². The standard InChI is InChI=1S/C13H30N2/c1-4-5-6-7-10-13(3,15)11-8-9-12(2)14/h12H,4-11,14-15H2,1-3H3. The molecule has 0 radical (unpaired) electrons. The van der Waals surface area contributed by atoms with Crippen molar-refractivity contribution in [1.29, 1.82) is 0 Å². The lowest BCUT2D eigenvalue weighted by atomic mass is 9.89. The van der Waals surface area contributed by atoms with Crippen molar-refractivity contribution < 1.29 is 0 Å². The van der Waals surface area contributed by atoms with Gasteiger partial charge in [0.2, 0.25) is 0 Å². The molecule has 0 heterocycles. The first-order valence-corrected chi connectivity index (χ1v) is 6.52. The maximum atomic E-state index is 6.24. The summed E-state index contributed by atoms with van der Waals surface area (Å²) < 4.78 is 0. The topological polar surface area (TPSA) is 52.0 Å². The zero-order valence-corrected chi connectivity index (χ0v) is 10.9. The van der Waals surface area contributed by atoms with Crippen LogP contribution in [0.25, 0.3) is 0 Å². The predicted octanol–water partition coefficient (Wildman–Crippen LogP) is 3.19. The summed E-state index contributed by atoms with van der Waals surface area (Å²) in [6.45, 7) is 6.49. The van der Waals surface area contributed by atoms with E-state index in [9.17, 15) is 0 Å². The molecule has 4 N–H and O–H groups in total. The second-order valence-corrected chi connectivity index (χ2v) is 5.33. The number of hydrogen-bond acceptors (Lipinski definition) is 2. The SMILES string of the molecule is CCCCCCC(C)(N)CCCC(C)N. The molecule has 2 unspecified atom stereocenters. The van der Waals surface area contributed by atoms with E-state index in [1.165, 1.54) is 32.1 Å². The Labute approximate surface area is 95.8 Å². The molecule has 0 rings (SSSR count). The fourth-order valence-corrected chi connectivity index (χ4v) is 1.91. The molecular formula is C13H30N2. The van der Waals surface area contributed by atoms with Crippen LogP contribution in [0.4, 0.5) is 0 Å². The third-order valence-corrected chi connectivity index (χ3v) is 3.01. The van der Waals surface area contributed by atoms with E-state index >= 15 is 0 Å². The summed E-state index contributed by atoms with van der Waals surface area (Å²) >= 11 is 0. The van der Waals surface area contributed by atoms with E-state index in [1.807, 2.05) is 0 Å². The molecule has 2 heteroatoms. The van der Waals surface area contributed by atoms with Crippen LogP contribution in [0.1, 0.15) is 72.1 Å². The third-order valence-electron chi connectivity index (χ3n) is 3.01. The Morgan fingerprint density at radius 1 is 1.07 bits per heavy atom. The molecule has 0 bridgehead atoms. The fourth-order valence-electron chi connectivity index (χ4n) is 1.91. The maximum absolute atomic E-state index is 6.24. The van der Waals surface area contributed by atoms with E-state index < -0.39 is 0 Å². The van der Waals surface area contributed by atoms with Crippen molar-refractivity contribution in [2.24, 2.45) is 11.5 Å². The first-order chi connectivity index (χ1) is 6.98. The van der Waals surface area contributed by atoms with Crippen LogP contribution in [0.2, 0.25) is 0 Å². The number of unbranched alkanes of at least 4 members (excludes halogenated alkanes) is 3. The van der Waals surface area contributed by atoms with E-state index in [4.69, 9.17) is 11.5 Å². The molecule has 0 aliphatic heterocycles. The minimum atomic E-state index is 0.0304.